The van der Waals surface area contributed by atoms with Crippen LogP contribution in [-0.4, -0.2) is 49.6 Å². The Kier molecular flexibility index (Phi) is 7.68. The van der Waals surface area contributed by atoms with Crippen molar-refractivity contribution in [3.63, 3.8) is 0 Å². The first-order chi connectivity index (χ1) is 14.6. The fourth-order valence-electron chi connectivity index (χ4n) is 4.50. The van der Waals surface area contributed by atoms with E-state index in [1.54, 1.807) is 6.07 Å². The van der Waals surface area contributed by atoms with E-state index in [4.69, 9.17) is 9.47 Å². The minimum absolute atomic E-state index is 0.0980. The van der Waals surface area contributed by atoms with Crippen LogP contribution < -0.4 is 15.5 Å². The van der Waals surface area contributed by atoms with Crippen LogP contribution >= 0.6 is 0 Å². The molecule has 1 aromatic carbocycles. The van der Waals surface area contributed by atoms with E-state index in [-0.39, 0.29) is 30.2 Å². The zero-order chi connectivity index (χ0) is 22.6. The Labute approximate surface area is 185 Å². The van der Waals surface area contributed by atoms with Crippen molar-refractivity contribution in [3.8, 4) is 0 Å². The molecule has 1 amide bonds. The molecule has 31 heavy (non-hydrogen) atoms. The maximum absolute atomic E-state index is 14.8. The van der Waals surface area contributed by atoms with Crippen LogP contribution in [0.3, 0.4) is 0 Å². The molecule has 3 rings (SSSR count). The normalized spacial score (nSPS) is 27.0. The number of benzene rings is 1. The molecule has 0 bridgehead atoms. The molecule has 1 aliphatic heterocycles. The molecular formula is C24H38FN3O3. The van der Waals surface area contributed by atoms with E-state index >= 15 is 0 Å². The summed E-state index contributed by atoms with van der Waals surface area (Å²) < 4.78 is 25.9. The summed E-state index contributed by atoms with van der Waals surface area (Å²) in [6.45, 7) is 11.9. The Bertz CT molecular complexity index is 734. The van der Waals surface area contributed by atoms with E-state index in [0.29, 0.717) is 24.7 Å². The number of alkyl carbamates (subject to hydrolysis) is 1. The van der Waals surface area contributed by atoms with Crippen molar-refractivity contribution in [2.75, 3.05) is 29.9 Å². The van der Waals surface area contributed by atoms with Crippen molar-refractivity contribution >= 4 is 17.5 Å². The molecule has 0 spiro atoms. The second-order valence-electron chi connectivity index (χ2n) is 10.1. The molecule has 0 aromatic heterocycles. The summed E-state index contributed by atoms with van der Waals surface area (Å²) in [5.74, 6) is 0.317. The second kappa shape index (κ2) is 10.1. The summed E-state index contributed by atoms with van der Waals surface area (Å²) in [6.07, 6.45) is 3.78. The number of hydrogen-bond donors (Lipinski definition) is 2. The van der Waals surface area contributed by atoms with Crippen molar-refractivity contribution in [2.24, 2.45) is 5.92 Å². The van der Waals surface area contributed by atoms with E-state index in [1.165, 1.54) is 0 Å². The average Bonchev–Trinajstić information content (AvgIpc) is 2.65. The number of morpholine rings is 1. The number of hydrogen-bond acceptors (Lipinski definition) is 5. The fraction of sp³-hybridized carbons (Fsp3) is 0.708. The number of rotatable bonds is 5. The first-order valence-electron chi connectivity index (χ1n) is 11.5. The van der Waals surface area contributed by atoms with E-state index in [9.17, 15) is 9.18 Å². The number of carbonyl (C=O) groups is 1. The smallest absolute Gasteiger partial charge is 0.407 e. The largest absolute Gasteiger partial charge is 0.444 e. The predicted octanol–water partition coefficient (Wildman–Crippen LogP) is 4.93. The van der Waals surface area contributed by atoms with Gasteiger partial charge in [0.25, 0.3) is 0 Å². The van der Waals surface area contributed by atoms with Crippen LogP contribution in [-0.2, 0) is 9.47 Å². The van der Waals surface area contributed by atoms with Gasteiger partial charge >= 0.3 is 6.09 Å². The second-order valence-corrected chi connectivity index (χ2v) is 10.1. The molecule has 2 aliphatic rings. The van der Waals surface area contributed by atoms with E-state index in [2.05, 4.69) is 15.5 Å². The predicted molar refractivity (Wildman–Crippen MR) is 122 cm³/mol. The minimum atomic E-state index is -0.478. The summed E-state index contributed by atoms with van der Waals surface area (Å²) in [6, 6.07) is 5.58. The molecule has 1 aliphatic carbocycles. The van der Waals surface area contributed by atoms with E-state index in [0.717, 1.165) is 37.9 Å². The lowest BCUT2D eigenvalue weighted by molar-refractivity contribution is -0.00539. The van der Waals surface area contributed by atoms with Crippen LogP contribution in [0.2, 0.25) is 0 Å². The van der Waals surface area contributed by atoms with Gasteiger partial charge in [0.2, 0.25) is 0 Å². The van der Waals surface area contributed by atoms with Crippen LogP contribution in [0, 0.1) is 11.7 Å². The highest BCUT2D eigenvalue weighted by Gasteiger charge is 2.26. The molecule has 1 saturated heterocycles. The lowest BCUT2D eigenvalue weighted by atomic mass is 9.86. The van der Waals surface area contributed by atoms with Crippen LogP contribution in [0.1, 0.15) is 60.3 Å². The van der Waals surface area contributed by atoms with Gasteiger partial charge in [0.1, 0.15) is 11.4 Å². The van der Waals surface area contributed by atoms with Crippen LogP contribution in [0.4, 0.5) is 20.6 Å². The molecule has 2 atom stereocenters. The molecule has 0 radical (unpaired) electrons. The summed E-state index contributed by atoms with van der Waals surface area (Å²) in [4.78, 5) is 14.0. The number of amides is 1. The minimum Gasteiger partial charge on any atom is -0.444 e. The van der Waals surface area contributed by atoms with Gasteiger partial charge in [-0.1, -0.05) is 0 Å². The highest BCUT2D eigenvalue weighted by Crippen LogP contribution is 2.28. The molecular weight excluding hydrogens is 397 g/mol. The van der Waals surface area contributed by atoms with Crippen molar-refractivity contribution in [3.05, 3.63) is 24.0 Å². The summed E-state index contributed by atoms with van der Waals surface area (Å²) in [5.41, 5.74) is 0.972. The third-order valence-electron chi connectivity index (χ3n) is 5.87. The van der Waals surface area contributed by atoms with Crippen molar-refractivity contribution in [2.45, 2.75) is 84.2 Å². The molecule has 174 valence electrons. The standard InChI is InChI=1S/C24H38FN3O3/c1-16-14-28(15-17(2)30-16)22-11-10-20(12-21(22)25)26-13-18-6-8-19(9-7-18)27-23(29)31-24(3,4)5/h10-12,16-19,26H,6-9,13-15H2,1-5H3,(H,27,29)/t16-,17-,18?,19?/m1/s1. The number of ether oxygens (including phenoxy) is 2. The Hall–Kier alpha value is -2.02. The molecule has 1 heterocycles. The van der Waals surface area contributed by atoms with Gasteiger partial charge in [0.15, 0.2) is 0 Å². The number of anilines is 2. The summed E-state index contributed by atoms with van der Waals surface area (Å²) in [5, 5.41) is 6.37. The average molecular weight is 436 g/mol. The monoisotopic (exact) mass is 435 g/mol. The van der Waals surface area contributed by atoms with Gasteiger partial charge in [-0.15, -0.1) is 0 Å². The highest BCUT2D eigenvalue weighted by molar-refractivity contribution is 5.68. The molecule has 2 fully saturated rings. The Morgan fingerprint density at radius 1 is 1.16 bits per heavy atom. The van der Waals surface area contributed by atoms with Gasteiger partial charge in [0.05, 0.1) is 17.9 Å². The summed E-state index contributed by atoms with van der Waals surface area (Å²) in [7, 11) is 0. The molecule has 6 nitrogen and oxygen atoms in total. The zero-order valence-corrected chi connectivity index (χ0v) is 19.5. The lowest BCUT2D eigenvalue weighted by Gasteiger charge is -2.37. The fourth-order valence-corrected chi connectivity index (χ4v) is 4.50. The van der Waals surface area contributed by atoms with Gasteiger partial charge in [0, 0.05) is 31.4 Å². The third-order valence-corrected chi connectivity index (χ3v) is 5.87. The van der Waals surface area contributed by atoms with Gasteiger partial charge in [-0.3, -0.25) is 0 Å². The molecule has 1 saturated carbocycles. The van der Waals surface area contributed by atoms with E-state index in [1.807, 2.05) is 46.8 Å². The zero-order valence-electron chi connectivity index (χ0n) is 19.5. The maximum atomic E-state index is 14.8. The Morgan fingerprint density at radius 3 is 2.39 bits per heavy atom. The van der Waals surface area contributed by atoms with Crippen LogP contribution in [0.25, 0.3) is 0 Å². The van der Waals surface area contributed by atoms with Crippen LogP contribution in [0.15, 0.2) is 18.2 Å². The quantitative estimate of drug-likeness (QED) is 0.686. The van der Waals surface area contributed by atoms with Gasteiger partial charge < -0.3 is 25.0 Å². The van der Waals surface area contributed by atoms with Gasteiger partial charge in [-0.25, -0.2) is 9.18 Å². The molecule has 7 heteroatoms. The maximum Gasteiger partial charge on any atom is 0.407 e. The SMILES string of the molecule is C[C@@H]1CN(c2ccc(NCC3CCC(NC(=O)OC(C)(C)C)CC3)cc2F)C[C@@H](C)O1. The van der Waals surface area contributed by atoms with Crippen molar-refractivity contribution in [1.29, 1.82) is 0 Å². The summed E-state index contributed by atoms with van der Waals surface area (Å²) >= 11 is 0. The molecule has 1 aromatic rings. The number of nitrogens with zero attached hydrogens (tertiary/aromatic N) is 1. The van der Waals surface area contributed by atoms with Gasteiger partial charge in [-0.05, 0) is 84.4 Å². The highest BCUT2D eigenvalue weighted by atomic mass is 19.1. The van der Waals surface area contributed by atoms with Crippen LogP contribution in [0.5, 0.6) is 0 Å². The number of nitrogens with one attached hydrogen (secondary N) is 2. The van der Waals surface area contributed by atoms with Crippen molar-refractivity contribution in [1.82, 2.24) is 5.32 Å². The number of halogens is 1. The van der Waals surface area contributed by atoms with Gasteiger partial charge in [-0.2, -0.15) is 0 Å². The lowest BCUT2D eigenvalue weighted by Crippen LogP contribution is -2.45. The number of carbonyl (C=O) groups excluding carboxylic acids is 1. The Morgan fingerprint density at radius 2 is 1.81 bits per heavy atom. The Balaban J connectivity index is 1.44. The first-order valence-corrected chi connectivity index (χ1v) is 11.5. The first kappa shape index (κ1) is 23.6. The molecule has 0 unspecified atom stereocenters. The topological polar surface area (TPSA) is 62.8 Å². The van der Waals surface area contributed by atoms with E-state index < -0.39 is 5.60 Å². The van der Waals surface area contributed by atoms with Crippen molar-refractivity contribution < 1.29 is 18.7 Å². The third kappa shape index (κ3) is 7.27. The molecule has 2 N–H and O–H groups in total.